The van der Waals surface area contributed by atoms with Crippen LogP contribution in [0.5, 0.6) is 0 Å². The number of anilines is 1. The van der Waals surface area contributed by atoms with Crippen molar-refractivity contribution in [2.45, 2.75) is 18.2 Å². The van der Waals surface area contributed by atoms with E-state index in [4.69, 9.17) is 0 Å². The molecule has 0 fully saturated rings. The number of nitrogens with zero attached hydrogens (tertiary/aromatic N) is 2. The van der Waals surface area contributed by atoms with E-state index < -0.39 is 9.84 Å². The molecule has 0 saturated heterocycles. The summed E-state index contributed by atoms with van der Waals surface area (Å²) in [4.78, 5) is 0.299. The van der Waals surface area contributed by atoms with Crippen molar-refractivity contribution in [1.29, 1.82) is 0 Å². The summed E-state index contributed by atoms with van der Waals surface area (Å²) in [5.74, 6) is 0.447. The van der Waals surface area contributed by atoms with Crippen LogP contribution in [0, 0.1) is 5.92 Å². The molecule has 3 rings (SSSR count). The van der Waals surface area contributed by atoms with Crippen LogP contribution in [0.2, 0.25) is 0 Å². The molecule has 1 heterocycles. The predicted octanol–water partition coefficient (Wildman–Crippen LogP) is 2.87. The zero-order chi connectivity index (χ0) is 18.6. The van der Waals surface area contributed by atoms with Crippen molar-refractivity contribution in [3.8, 4) is 0 Å². The van der Waals surface area contributed by atoms with Crippen LogP contribution in [0.25, 0.3) is 0 Å². The van der Waals surface area contributed by atoms with E-state index in [1.807, 2.05) is 24.3 Å². The summed E-state index contributed by atoms with van der Waals surface area (Å²) in [6, 6.07) is 14.6. The highest BCUT2D eigenvalue weighted by atomic mass is 32.2. The first-order valence-corrected chi connectivity index (χ1v) is 10.3. The molecule has 0 aromatic heterocycles. The summed E-state index contributed by atoms with van der Waals surface area (Å²) in [7, 11) is -3.17. The second kappa shape index (κ2) is 7.70. The van der Waals surface area contributed by atoms with Gasteiger partial charge in [-0.2, -0.15) is 10.2 Å². The van der Waals surface area contributed by atoms with E-state index in [9.17, 15) is 8.42 Å². The molecule has 2 N–H and O–H groups in total. The molecule has 0 bridgehead atoms. The van der Waals surface area contributed by atoms with Crippen LogP contribution in [0.1, 0.15) is 24.5 Å². The molecule has 1 aliphatic heterocycles. The van der Waals surface area contributed by atoms with E-state index in [0.29, 0.717) is 10.8 Å². The maximum atomic E-state index is 11.4. The van der Waals surface area contributed by atoms with Crippen molar-refractivity contribution in [1.82, 2.24) is 5.43 Å². The summed E-state index contributed by atoms with van der Waals surface area (Å²) in [5.41, 5.74) is 9.91. The lowest BCUT2D eigenvalue weighted by Crippen LogP contribution is -2.27. The van der Waals surface area contributed by atoms with E-state index in [-0.39, 0.29) is 0 Å². The van der Waals surface area contributed by atoms with E-state index in [2.05, 4.69) is 28.0 Å². The Morgan fingerprint density at radius 1 is 1.15 bits per heavy atom. The fourth-order valence-electron chi connectivity index (χ4n) is 2.72. The van der Waals surface area contributed by atoms with Crippen molar-refractivity contribution in [3.63, 3.8) is 0 Å². The molecular formula is C19H22N4O2S. The minimum absolute atomic E-state index is 0.299. The summed E-state index contributed by atoms with van der Waals surface area (Å²) in [6.45, 7) is 3.11. The van der Waals surface area contributed by atoms with Crippen LogP contribution in [0.3, 0.4) is 0 Å². The summed E-state index contributed by atoms with van der Waals surface area (Å²) >= 11 is 0. The lowest BCUT2D eigenvalue weighted by atomic mass is 9.94. The number of hydrogen-bond donors (Lipinski definition) is 2. The lowest BCUT2D eigenvalue weighted by Gasteiger charge is -2.20. The lowest BCUT2D eigenvalue weighted by molar-refractivity contribution is 0.572. The molecule has 0 saturated carbocycles. The molecule has 6 nitrogen and oxygen atoms in total. The Hall–Kier alpha value is -2.67. The predicted molar refractivity (Wildman–Crippen MR) is 106 cm³/mol. The molecule has 0 amide bonds. The summed E-state index contributed by atoms with van der Waals surface area (Å²) in [6.07, 6.45) is 3.93. The van der Waals surface area contributed by atoms with E-state index in [1.165, 1.54) is 6.26 Å². The van der Waals surface area contributed by atoms with E-state index in [0.717, 1.165) is 35.5 Å². The molecule has 2 aromatic rings. The Labute approximate surface area is 153 Å². The fraction of sp³-hybridized carbons (Fsp3) is 0.263. The van der Waals surface area contributed by atoms with Crippen LogP contribution in [-0.4, -0.2) is 33.1 Å². The molecule has 1 unspecified atom stereocenters. The molecular weight excluding hydrogens is 348 g/mol. The zero-order valence-electron chi connectivity index (χ0n) is 14.8. The van der Waals surface area contributed by atoms with E-state index in [1.54, 1.807) is 30.5 Å². The van der Waals surface area contributed by atoms with Gasteiger partial charge in [0, 0.05) is 18.7 Å². The van der Waals surface area contributed by atoms with Crippen LogP contribution < -0.4 is 10.9 Å². The number of rotatable bonds is 5. The Bertz CT molecular complexity index is 917. The third-order valence-corrected chi connectivity index (χ3v) is 5.38. The number of sulfone groups is 1. The largest absolute Gasteiger partial charge is 0.310 e. The molecule has 0 aliphatic carbocycles. The molecule has 1 aliphatic rings. The minimum atomic E-state index is -3.17. The van der Waals surface area contributed by atoms with Gasteiger partial charge in [0.25, 0.3) is 0 Å². The highest BCUT2D eigenvalue weighted by Crippen LogP contribution is 2.18. The number of benzene rings is 2. The van der Waals surface area contributed by atoms with Gasteiger partial charge in [0.15, 0.2) is 9.84 Å². The maximum Gasteiger partial charge on any atom is 0.175 e. The number of nitrogens with one attached hydrogen (secondary N) is 2. The van der Waals surface area contributed by atoms with Gasteiger partial charge in [-0.25, -0.2) is 8.42 Å². The average molecular weight is 370 g/mol. The van der Waals surface area contributed by atoms with Crippen LogP contribution in [0.15, 0.2) is 63.6 Å². The minimum Gasteiger partial charge on any atom is -0.310 e. The van der Waals surface area contributed by atoms with Crippen molar-refractivity contribution < 1.29 is 8.42 Å². The van der Waals surface area contributed by atoms with Gasteiger partial charge in [-0.05, 0) is 41.8 Å². The molecule has 26 heavy (non-hydrogen) atoms. The zero-order valence-corrected chi connectivity index (χ0v) is 15.6. The van der Waals surface area contributed by atoms with Crippen molar-refractivity contribution in [2.75, 3.05) is 18.2 Å². The molecule has 0 spiro atoms. The first-order valence-electron chi connectivity index (χ1n) is 8.43. The molecule has 1 atom stereocenters. The standard InChI is InChI=1S/C19H22N4O2S/c1-14-11-12-20-23-19(14)16-5-7-17(8-6-16)22-21-13-15-3-9-18(10-4-15)26(2,24)25/h3-10,13-14,20,22H,11-12H2,1-2H3. The van der Waals surface area contributed by atoms with Gasteiger partial charge >= 0.3 is 0 Å². The van der Waals surface area contributed by atoms with Gasteiger partial charge in [0.2, 0.25) is 0 Å². The van der Waals surface area contributed by atoms with Crippen LogP contribution >= 0.6 is 0 Å². The average Bonchev–Trinajstić information content (AvgIpc) is 2.63. The Morgan fingerprint density at radius 3 is 2.46 bits per heavy atom. The van der Waals surface area contributed by atoms with Gasteiger partial charge < -0.3 is 5.43 Å². The third kappa shape index (κ3) is 4.49. The van der Waals surface area contributed by atoms with Gasteiger partial charge in [-0.1, -0.05) is 31.2 Å². The highest BCUT2D eigenvalue weighted by molar-refractivity contribution is 7.90. The molecule has 0 radical (unpaired) electrons. The SMILES string of the molecule is CC1CCNN=C1c1ccc(NN=Cc2ccc(S(C)(=O)=O)cc2)cc1. The Kier molecular flexibility index (Phi) is 5.37. The Balaban J connectivity index is 1.63. The van der Waals surface area contributed by atoms with Crippen LogP contribution in [0.4, 0.5) is 5.69 Å². The summed E-state index contributed by atoms with van der Waals surface area (Å²) < 4.78 is 22.9. The highest BCUT2D eigenvalue weighted by Gasteiger charge is 2.16. The second-order valence-corrected chi connectivity index (χ2v) is 8.40. The smallest absolute Gasteiger partial charge is 0.175 e. The second-order valence-electron chi connectivity index (χ2n) is 6.38. The monoisotopic (exact) mass is 370 g/mol. The number of hydrazone groups is 2. The first-order chi connectivity index (χ1) is 12.4. The fourth-order valence-corrected chi connectivity index (χ4v) is 3.35. The first kappa shape index (κ1) is 18.1. The van der Waals surface area contributed by atoms with Gasteiger partial charge in [-0.3, -0.25) is 5.43 Å². The Morgan fingerprint density at radius 2 is 1.85 bits per heavy atom. The van der Waals surface area contributed by atoms with Crippen molar-refractivity contribution in [3.05, 3.63) is 59.7 Å². The van der Waals surface area contributed by atoms with Gasteiger partial charge in [-0.15, -0.1) is 0 Å². The molecule has 136 valence electrons. The van der Waals surface area contributed by atoms with Crippen molar-refractivity contribution >= 4 is 27.5 Å². The topological polar surface area (TPSA) is 82.9 Å². The maximum absolute atomic E-state index is 11.4. The van der Waals surface area contributed by atoms with Crippen LogP contribution in [-0.2, 0) is 9.84 Å². The van der Waals surface area contributed by atoms with Gasteiger partial charge in [0.05, 0.1) is 22.5 Å². The summed E-state index contributed by atoms with van der Waals surface area (Å²) in [5, 5.41) is 8.60. The molecule has 7 heteroatoms. The van der Waals surface area contributed by atoms with Crippen molar-refractivity contribution in [2.24, 2.45) is 16.1 Å². The van der Waals surface area contributed by atoms with Gasteiger partial charge in [0.1, 0.15) is 0 Å². The quantitative estimate of drug-likeness (QED) is 0.626. The van der Waals surface area contributed by atoms with E-state index >= 15 is 0 Å². The third-order valence-electron chi connectivity index (χ3n) is 4.25. The normalized spacial score (nSPS) is 17.6. The molecule has 2 aromatic carbocycles. The number of hydrogen-bond acceptors (Lipinski definition) is 6.